The van der Waals surface area contributed by atoms with E-state index in [1.165, 1.54) is 44.9 Å². The molecule has 0 saturated heterocycles. The number of hydrogen-bond donors (Lipinski definition) is 1. The van der Waals surface area contributed by atoms with E-state index >= 15 is 0 Å². The normalized spacial score (nSPS) is 57.4. The number of aliphatic hydroxyl groups excluding tert-OH is 1. The Kier molecular flexibility index (Phi) is 2.54. The molecule has 0 spiro atoms. The van der Waals surface area contributed by atoms with E-state index in [1.54, 1.807) is 0 Å². The molecule has 1 N–H and O–H groups in total. The number of aliphatic hydroxyl groups is 1. The molecule has 0 radical (unpaired) electrons. The van der Waals surface area contributed by atoms with Gasteiger partial charge in [0.25, 0.3) is 0 Å². The molecule has 0 heterocycles. The van der Waals surface area contributed by atoms with E-state index in [0.717, 1.165) is 48.3 Å². The van der Waals surface area contributed by atoms with Crippen molar-refractivity contribution in [1.82, 2.24) is 0 Å². The minimum atomic E-state index is 0.0398. The first-order valence-corrected chi connectivity index (χ1v) is 8.01. The van der Waals surface area contributed by atoms with E-state index in [-0.39, 0.29) is 6.10 Å². The van der Waals surface area contributed by atoms with Gasteiger partial charge in [0, 0.05) is 0 Å². The summed E-state index contributed by atoms with van der Waals surface area (Å²) in [6.07, 6.45) is 12.7. The molecule has 0 amide bonds. The molecule has 1 nitrogen and oxygen atoms in total. The van der Waals surface area contributed by atoms with Crippen molar-refractivity contribution >= 4 is 0 Å². The molecule has 0 aromatic carbocycles. The molecule has 4 unspecified atom stereocenters. The second-order valence-corrected chi connectivity index (χ2v) is 7.41. The Balaban J connectivity index is 1.65. The fourth-order valence-corrected chi connectivity index (χ4v) is 6.31. The summed E-state index contributed by atoms with van der Waals surface area (Å²) in [4.78, 5) is 0. The fourth-order valence-electron chi connectivity index (χ4n) is 6.31. The summed E-state index contributed by atoms with van der Waals surface area (Å²) in [5.74, 6) is 6.04. The minimum absolute atomic E-state index is 0.0398. The van der Waals surface area contributed by atoms with Gasteiger partial charge in [-0.25, -0.2) is 0 Å². The van der Waals surface area contributed by atoms with E-state index in [2.05, 4.69) is 0 Å². The molecule has 4 fully saturated rings. The average Bonchev–Trinajstić information content (AvgIpc) is 2.35. The van der Waals surface area contributed by atoms with Gasteiger partial charge in [-0.1, -0.05) is 19.3 Å². The lowest BCUT2D eigenvalue weighted by atomic mass is 9.48. The second-order valence-electron chi connectivity index (χ2n) is 7.41. The third-order valence-electron chi connectivity index (χ3n) is 6.74. The largest absolute Gasteiger partial charge is 0.393 e. The summed E-state index contributed by atoms with van der Waals surface area (Å²) in [6, 6.07) is 0. The number of rotatable bonds is 0. The quantitative estimate of drug-likeness (QED) is 0.679. The molecule has 96 valence electrons. The second kappa shape index (κ2) is 3.98. The van der Waals surface area contributed by atoms with Gasteiger partial charge in [-0.05, 0) is 74.0 Å². The van der Waals surface area contributed by atoms with Gasteiger partial charge in [0.15, 0.2) is 0 Å². The van der Waals surface area contributed by atoms with Crippen molar-refractivity contribution in [1.29, 1.82) is 0 Å². The maximum Gasteiger partial charge on any atom is 0.0545 e. The monoisotopic (exact) mass is 234 g/mol. The first-order valence-electron chi connectivity index (χ1n) is 8.01. The Morgan fingerprint density at radius 3 is 1.65 bits per heavy atom. The van der Waals surface area contributed by atoms with E-state index in [1.807, 2.05) is 0 Å². The fraction of sp³-hybridized carbons (Fsp3) is 1.00. The third kappa shape index (κ3) is 1.61. The summed E-state index contributed by atoms with van der Waals surface area (Å²) in [5.41, 5.74) is 0. The van der Waals surface area contributed by atoms with Crippen molar-refractivity contribution < 1.29 is 5.11 Å². The first-order chi connectivity index (χ1) is 8.33. The maximum atomic E-state index is 10.1. The summed E-state index contributed by atoms with van der Waals surface area (Å²) in [6.45, 7) is 0. The molecule has 1 heteroatoms. The summed E-state index contributed by atoms with van der Waals surface area (Å²) in [5, 5.41) is 10.1. The Morgan fingerprint density at radius 2 is 1.06 bits per heavy atom. The van der Waals surface area contributed by atoms with Crippen LogP contribution in [0.25, 0.3) is 0 Å². The van der Waals surface area contributed by atoms with Crippen LogP contribution in [0.15, 0.2) is 0 Å². The Hall–Kier alpha value is -0.0400. The van der Waals surface area contributed by atoms with Crippen LogP contribution in [-0.2, 0) is 0 Å². The summed E-state index contributed by atoms with van der Waals surface area (Å²) >= 11 is 0. The maximum absolute atomic E-state index is 10.1. The molecule has 0 aromatic rings. The van der Waals surface area contributed by atoms with E-state index < -0.39 is 0 Å². The van der Waals surface area contributed by atoms with Crippen LogP contribution in [0.2, 0.25) is 0 Å². The molecule has 0 aromatic heterocycles. The van der Waals surface area contributed by atoms with E-state index in [4.69, 9.17) is 0 Å². The SMILES string of the molecule is OC1CC2CCC3CCCC4CCC(C1)C2C34. The highest BCUT2D eigenvalue weighted by atomic mass is 16.3. The molecule has 0 bridgehead atoms. The van der Waals surface area contributed by atoms with Crippen LogP contribution in [0.1, 0.15) is 57.8 Å². The Bertz CT molecular complexity index is 274. The zero-order valence-corrected chi connectivity index (χ0v) is 10.9. The van der Waals surface area contributed by atoms with Gasteiger partial charge in [-0.15, -0.1) is 0 Å². The molecular weight excluding hydrogens is 208 g/mol. The molecule has 0 aliphatic heterocycles. The van der Waals surface area contributed by atoms with Gasteiger partial charge in [-0.2, -0.15) is 0 Å². The van der Waals surface area contributed by atoms with Crippen molar-refractivity contribution in [2.45, 2.75) is 63.9 Å². The first kappa shape index (κ1) is 10.8. The summed E-state index contributed by atoms with van der Waals surface area (Å²) < 4.78 is 0. The van der Waals surface area contributed by atoms with E-state index in [9.17, 15) is 5.11 Å². The zero-order chi connectivity index (χ0) is 11.4. The van der Waals surface area contributed by atoms with Gasteiger partial charge in [0.1, 0.15) is 0 Å². The van der Waals surface area contributed by atoms with E-state index in [0.29, 0.717) is 0 Å². The lowest BCUT2D eigenvalue weighted by Crippen LogP contribution is -2.51. The molecular formula is C16H26O. The predicted molar refractivity (Wildman–Crippen MR) is 68.5 cm³/mol. The molecule has 17 heavy (non-hydrogen) atoms. The van der Waals surface area contributed by atoms with Crippen LogP contribution < -0.4 is 0 Å². The Morgan fingerprint density at radius 1 is 0.588 bits per heavy atom. The van der Waals surface area contributed by atoms with Crippen LogP contribution in [0.5, 0.6) is 0 Å². The van der Waals surface area contributed by atoms with Gasteiger partial charge >= 0.3 is 0 Å². The molecule has 4 atom stereocenters. The van der Waals surface area contributed by atoms with Crippen LogP contribution >= 0.6 is 0 Å². The van der Waals surface area contributed by atoms with Gasteiger partial charge in [0.2, 0.25) is 0 Å². The molecule has 4 rings (SSSR count). The average molecular weight is 234 g/mol. The van der Waals surface area contributed by atoms with Crippen LogP contribution in [-0.4, -0.2) is 11.2 Å². The summed E-state index contributed by atoms with van der Waals surface area (Å²) in [7, 11) is 0. The zero-order valence-electron chi connectivity index (χ0n) is 10.9. The predicted octanol–water partition coefficient (Wildman–Crippen LogP) is 3.61. The standard InChI is InChI=1S/C16H26O/c17-14-8-12-6-4-10-2-1-3-11-5-7-13(9-14)16(12)15(10)11/h10-17H,1-9H2. The smallest absolute Gasteiger partial charge is 0.0545 e. The van der Waals surface area contributed by atoms with Crippen LogP contribution in [0.3, 0.4) is 0 Å². The van der Waals surface area contributed by atoms with Gasteiger partial charge in [-0.3, -0.25) is 0 Å². The minimum Gasteiger partial charge on any atom is -0.393 e. The van der Waals surface area contributed by atoms with Crippen molar-refractivity contribution in [3.8, 4) is 0 Å². The van der Waals surface area contributed by atoms with Crippen LogP contribution in [0, 0.1) is 35.5 Å². The van der Waals surface area contributed by atoms with Crippen molar-refractivity contribution in [3.63, 3.8) is 0 Å². The highest BCUT2D eigenvalue weighted by Crippen LogP contribution is 2.59. The van der Waals surface area contributed by atoms with Crippen molar-refractivity contribution in [2.75, 3.05) is 0 Å². The van der Waals surface area contributed by atoms with Crippen molar-refractivity contribution in [2.24, 2.45) is 35.5 Å². The van der Waals surface area contributed by atoms with Gasteiger partial charge in [0.05, 0.1) is 6.10 Å². The molecule has 4 aliphatic rings. The number of hydrogen-bond acceptors (Lipinski definition) is 1. The molecule has 4 saturated carbocycles. The third-order valence-corrected chi connectivity index (χ3v) is 6.74. The topological polar surface area (TPSA) is 20.2 Å². The highest BCUT2D eigenvalue weighted by Gasteiger charge is 2.52. The van der Waals surface area contributed by atoms with Crippen LogP contribution in [0.4, 0.5) is 0 Å². The lowest BCUT2D eigenvalue weighted by Gasteiger charge is -2.58. The van der Waals surface area contributed by atoms with Crippen molar-refractivity contribution in [3.05, 3.63) is 0 Å². The molecule has 4 aliphatic carbocycles. The lowest BCUT2D eigenvalue weighted by molar-refractivity contribution is -0.103. The highest BCUT2D eigenvalue weighted by molar-refractivity contribution is 5.01. The Labute approximate surface area is 105 Å². The van der Waals surface area contributed by atoms with Gasteiger partial charge < -0.3 is 5.11 Å².